The lowest BCUT2D eigenvalue weighted by molar-refractivity contribution is -0.141. The summed E-state index contributed by atoms with van der Waals surface area (Å²) in [6, 6.07) is -0.592. The molecule has 0 spiro atoms. The first-order chi connectivity index (χ1) is 12.4. The molecule has 0 aromatic carbocycles. The molecule has 0 fully saturated rings. The first-order valence-corrected chi connectivity index (χ1v) is 12.1. The summed E-state index contributed by atoms with van der Waals surface area (Å²) in [6.45, 7) is 15.5. The average molecular weight is 417 g/mol. The quantitative estimate of drug-likeness (QED) is 0.465. The number of carboxylic acids is 1. The number of nitrogens with one attached hydrogen (secondary N) is 1. The van der Waals surface area contributed by atoms with E-state index in [9.17, 15) is 14.4 Å². The van der Waals surface area contributed by atoms with E-state index in [0.29, 0.717) is 0 Å². The standard InChI is InChI=1S/C19H36N2O6Si/c1-18(2,3)27-17(25)20-14(13-26-28(8,9)19(4,5)6)10-11-15(22)21(7)12-16(23)24/h10-11,14H,12-13H2,1-9H3,(H,20,25)(H,23,24)/b11-10+/t14-/m1/s1. The molecule has 0 radical (unpaired) electrons. The summed E-state index contributed by atoms with van der Waals surface area (Å²) in [6.07, 6.45) is 2.12. The van der Waals surface area contributed by atoms with Gasteiger partial charge in [-0.05, 0) is 38.9 Å². The van der Waals surface area contributed by atoms with Gasteiger partial charge in [-0.25, -0.2) is 4.79 Å². The molecule has 1 atom stereocenters. The highest BCUT2D eigenvalue weighted by Crippen LogP contribution is 2.36. The van der Waals surface area contributed by atoms with E-state index >= 15 is 0 Å². The maximum Gasteiger partial charge on any atom is 0.408 e. The Morgan fingerprint density at radius 1 is 1.14 bits per heavy atom. The van der Waals surface area contributed by atoms with Crippen LogP contribution in [0, 0.1) is 0 Å². The third-order valence-corrected chi connectivity index (χ3v) is 8.85. The molecule has 2 amide bonds. The van der Waals surface area contributed by atoms with Gasteiger partial charge in [0, 0.05) is 13.1 Å². The summed E-state index contributed by atoms with van der Waals surface area (Å²) in [4.78, 5) is 36.0. The Morgan fingerprint density at radius 2 is 1.68 bits per heavy atom. The van der Waals surface area contributed by atoms with Gasteiger partial charge in [-0.2, -0.15) is 0 Å². The molecule has 162 valence electrons. The molecule has 0 aliphatic rings. The number of nitrogens with zero attached hydrogens (tertiary/aromatic N) is 1. The molecule has 0 saturated heterocycles. The Bertz CT molecular complexity index is 590. The molecule has 0 aliphatic heterocycles. The van der Waals surface area contributed by atoms with Crippen molar-refractivity contribution in [3.05, 3.63) is 12.2 Å². The molecule has 0 aromatic heterocycles. The molecule has 0 bridgehead atoms. The molecule has 8 nitrogen and oxygen atoms in total. The summed E-state index contributed by atoms with van der Waals surface area (Å²) < 4.78 is 11.4. The molecule has 28 heavy (non-hydrogen) atoms. The number of likely N-dealkylation sites (N-methyl/N-ethyl adjacent to an activating group) is 1. The summed E-state index contributed by atoms with van der Waals surface area (Å²) in [5.74, 6) is -1.58. The average Bonchev–Trinajstić information content (AvgIpc) is 2.45. The van der Waals surface area contributed by atoms with Gasteiger partial charge in [-0.15, -0.1) is 0 Å². The number of alkyl carbamates (subject to hydrolysis) is 1. The summed E-state index contributed by atoms with van der Waals surface area (Å²) in [7, 11) is -0.672. The number of ether oxygens (including phenoxy) is 1. The molecule has 0 unspecified atom stereocenters. The van der Waals surface area contributed by atoms with Crippen LogP contribution in [0.5, 0.6) is 0 Å². The van der Waals surface area contributed by atoms with E-state index in [0.717, 1.165) is 4.90 Å². The monoisotopic (exact) mass is 416 g/mol. The van der Waals surface area contributed by atoms with Crippen LogP contribution in [0.3, 0.4) is 0 Å². The number of aliphatic carboxylic acids is 1. The van der Waals surface area contributed by atoms with E-state index in [2.05, 4.69) is 39.2 Å². The van der Waals surface area contributed by atoms with Gasteiger partial charge < -0.3 is 24.5 Å². The molecule has 2 N–H and O–H groups in total. The Morgan fingerprint density at radius 3 is 2.11 bits per heavy atom. The predicted molar refractivity (Wildman–Crippen MR) is 111 cm³/mol. The highest BCUT2D eigenvalue weighted by Gasteiger charge is 2.37. The molecular weight excluding hydrogens is 380 g/mol. The number of rotatable bonds is 8. The zero-order chi connectivity index (χ0) is 22.3. The Labute approximate surface area is 169 Å². The zero-order valence-electron chi connectivity index (χ0n) is 18.6. The third kappa shape index (κ3) is 10.5. The van der Waals surface area contributed by atoms with Gasteiger partial charge in [0.05, 0.1) is 12.6 Å². The number of hydrogen-bond acceptors (Lipinski definition) is 5. The van der Waals surface area contributed by atoms with Crippen molar-refractivity contribution in [2.24, 2.45) is 0 Å². The van der Waals surface area contributed by atoms with Gasteiger partial charge in [0.15, 0.2) is 8.32 Å². The van der Waals surface area contributed by atoms with E-state index in [1.54, 1.807) is 20.8 Å². The van der Waals surface area contributed by atoms with Gasteiger partial charge in [0.25, 0.3) is 0 Å². The minimum Gasteiger partial charge on any atom is -0.480 e. The number of amides is 2. The Hall–Kier alpha value is -1.87. The van der Waals surface area contributed by atoms with Gasteiger partial charge in [-0.1, -0.05) is 26.8 Å². The molecule has 9 heteroatoms. The van der Waals surface area contributed by atoms with Gasteiger partial charge in [0.2, 0.25) is 5.91 Å². The van der Waals surface area contributed by atoms with Crippen molar-refractivity contribution in [2.45, 2.75) is 71.3 Å². The topological polar surface area (TPSA) is 105 Å². The van der Waals surface area contributed by atoms with E-state index in [1.165, 1.54) is 19.2 Å². The SMILES string of the molecule is CN(CC(=O)O)C(=O)/C=C/[C@H](CO[Si](C)(C)C(C)(C)C)NC(=O)OC(C)(C)C. The minimum absolute atomic E-state index is 0.00922. The van der Waals surface area contributed by atoms with Crippen LogP contribution in [0.25, 0.3) is 0 Å². The molecule has 0 aromatic rings. The van der Waals surface area contributed by atoms with Crippen LogP contribution in [-0.4, -0.2) is 68.1 Å². The summed E-state index contributed by atoms with van der Waals surface area (Å²) in [5, 5.41) is 11.5. The summed E-state index contributed by atoms with van der Waals surface area (Å²) in [5.41, 5.74) is -0.657. The zero-order valence-corrected chi connectivity index (χ0v) is 19.6. The normalized spacial score (nSPS) is 13.9. The summed E-state index contributed by atoms with van der Waals surface area (Å²) >= 11 is 0. The van der Waals surface area contributed by atoms with Crippen LogP contribution >= 0.6 is 0 Å². The van der Waals surface area contributed by atoms with Crippen molar-refractivity contribution >= 4 is 26.3 Å². The lowest BCUT2D eigenvalue weighted by atomic mass is 10.2. The van der Waals surface area contributed by atoms with Crippen LogP contribution in [0.1, 0.15) is 41.5 Å². The maximum absolute atomic E-state index is 12.1. The Kier molecular flexibility index (Phi) is 9.39. The van der Waals surface area contributed by atoms with Gasteiger partial charge in [-0.3, -0.25) is 9.59 Å². The van der Waals surface area contributed by atoms with Gasteiger partial charge in [0.1, 0.15) is 12.1 Å². The second-order valence-electron chi connectivity index (χ2n) is 9.27. The van der Waals surface area contributed by atoms with E-state index < -0.39 is 44.5 Å². The molecule has 0 saturated carbocycles. The Balaban J connectivity index is 5.22. The fraction of sp³-hybridized carbons (Fsp3) is 0.737. The van der Waals surface area contributed by atoms with Crippen molar-refractivity contribution < 1.29 is 28.7 Å². The van der Waals surface area contributed by atoms with Crippen LogP contribution in [0.2, 0.25) is 18.1 Å². The van der Waals surface area contributed by atoms with E-state index in [-0.39, 0.29) is 11.6 Å². The third-order valence-electron chi connectivity index (χ3n) is 4.35. The second-order valence-corrected chi connectivity index (χ2v) is 14.1. The fourth-order valence-electron chi connectivity index (χ4n) is 1.73. The number of carbonyl (C=O) groups excluding carboxylic acids is 2. The van der Waals surface area contributed by atoms with Crippen LogP contribution in [0.4, 0.5) is 4.79 Å². The molecule has 0 aliphatic carbocycles. The number of carboxylic acid groups (broad SMARTS) is 1. The van der Waals surface area contributed by atoms with E-state index in [1.807, 2.05) is 0 Å². The number of carbonyl (C=O) groups is 3. The van der Waals surface area contributed by atoms with Crippen LogP contribution in [-0.2, 0) is 18.8 Å². The maximum atomic E-state index is 12.1. The molecular formula is C19H36N2O6Si. The van der Waals surface area contributed by atoms with Crippen LogP contribution in [0.15, 0.2) is 12.2 Å². The van der Waals surface area contributed by atoms with Crippen LogP contribution < -0.4 is 5.32 Å². The largest absolute Gasteiger partial charge is 0.480 e. The predicted octanol–water partition coefficient (Wildman–Crippen LogP) is 3.00. The molecule has 0 heterocycles. The fourth-order valence-corrected chi connectivity index (χ4v) is 2.75. The highest BCUT2D eigenvalue weighted by molar-refractivity contribution is 6.74. The molecule has 0 rings (SSSR count). The van der Waals surface area contributed by atoms with Crippen molar-refractivity contribution in [1.82, 2.24) is 10.2 Å². The first-order valence-electron chi connectivity index (χ1n) is 9.23. The van der Waals surface area contributed by atoms with Crippen molar-refractivity contribution in [2.75, 3.05) is 20.2 Å². The first kappa shape index (κ1) is 26.1. The van der Waals surface area contributed by atoms with Crippen molar-refractivity contribution in [3.8, 4) is 0 Å². The second kappa shape index (κ2) is 10.1. The van der Waals surface area contributed by atoms with E-state index in [4.69, 9.17) is 14.3 Å². The van der Waals surface area contributed by atoms with Crippen molar-refractivity contribution in [3.63, 3.8) is 0 Å². The smallest absolute Gasteiger partial charge is 0.408 e. The number of hydrogen-bond donors (Lipinski definition) is 2. The lowest BCUT2D eigenvalue weighted by Crippen LogP contribution is -2.46. The minimum atomic E-state index is -2.06. The van der Waals surface area contributed by atoms with Crippen molar-refractivity contribution in [1.29, 1.82) is 0 Å². The highest BCUT2D eigenvalue weighted by atomic mass is 28.4. The lowest BCUT2D eigenvalue weighted by Gasteiger charge is -2.37. The van der Waals surface area contributed by atoms with Gasteiger partial charge >= 0.3 is 12.1 Å².